The average Bonchev–Trinajstić information content (AvgIpc) is 3.28. The van der Waals surface area contributed by atoms with Crippen LogP contribution in [0, 0.1) is 5.92 Å². The summed E-state index contributed by atoms with van der Waals surface area (Å²) >= 11 is 7.44. The third-order valence-corrected chi connectivity index (χ3v) is 8.45. The third-order valence-electron chi connectivity index (χ3n) is 7.13. The zero-order valence-electron chi connectivity index (χ0n) is 22.1. The molecule has 1 aliphatic carbocycles. The van der Waals surface area contributed by atoms with Crippen LogP contribution < -0.4 is 16.4 Å². The van der Waals surface area contributed by atoms with Crippen molar-refractivity contribution in [3.63, 3.8) is 0 Å². The third kappa shape index (κ3) is 7.27. The number of hydrogen-bond acceptors (Lipinski definition) is 7. The molecule has 2 aromatic rings. The van der Waals surface area contributed by atoms with Crippen molar-refractivity contribution in [2.75, 3.05) is 27.7 Å². The number of carbonyl (C=O) groups is 4. The van der Waals surface area contributed by atoms with Gasteiger partial charge in [0.2, 0.25) is 17.7 Å². The summed E-state index contributed by atoms with van der Waals surface area (Å²) in [6, 6.07) is 5.40. The lowest BCUT2D eigenvalue weighted by Crippen LogP contribution is -2.57. The van der Waals surface area contributed by atoms with Gasteiger partial charge >= 0.3 is 0 Å². The Morgan fingerprint density at radius 3 is 2.59 bits per heavy atom. The van der Waals surface area contributed by atoms with Crippen molar-refractivity contribution in [3.05, 3.63) is 50.4 Å². The summed E-state index contributed by atoms with van der Waals surface area (Å²) in [5, 5.41) is 6.69. The quantitative estimate of drug-likeness (QED) is 0.418. The first-order valence-electron chi connectivity index (χ1n) is 12.6. The molecule has 1 aliphatic heterocycles. The average molecular weight is 598 g/mol. The molecule has 4 rings (SSSR count). The highest BCUT2D eigenvalue weighted by atomic mass is 35.5. The Morgan fingerprint density at radius 1 is 1.18 bits per heavy atom. The maximum Gasteiger partial charge on any atom is 0.280 e. The van der Waals surface area contributed by atoms with E-state index in [1.807, 2.05) is 7.05 Å². The van der Waals surface area contributed by atoms with Crippen molar-refractivity contribution in [2.24, 2.45) is 11.7 Å². The van der Waals surface area contributed by atoms with Crippen molar-refractivity contribution in [3.8, 4) is 0 Å². The van der Waals surface area contributed by atoms with E-state index in [1.54, 1.807) is 32.3 Å². The molecule has 2 aliphatic rings. The number of fused-ring (bicyclic) bond motifs is 1. The molecule has 2 heterocycles. The molecule has 4 atom stereocenters. The topological polar surface area (TPSA) is 138 Å². The van der Waals surface area contributed by atoms with Crippen molar-refractivity contribution in [2.45, 2.75) is 50.2 Å². The van der Waals surface area contributed by atoms with E-state index < -0.39 is 29.8 Å². The van der Waals surface area contributed by atoms with Gasteiger partial charge in [0.15, 0.2) is 5.01 Å². The number of benzene rings is 1. The number of thiazole rings is 1. The minimum atomic E-state index is -1.24. The number of aromatic nitrogens is 1. The predicted octanol–water partition coefficient (Wildman–Crippen LogP) is 1.95. The smallest absolute Gasteiger partial charge is 0.280 e. The Labute approximate surface area is 243 Å². The van der Waals surface area contributed by atoms with E-state index >= 15 is 0 Å². The number of halogens is 2. The number of carbonyl (C=O) groups excluding carboxylic acids is 4. The van der Waals surface area contributed by atoms with Crippen LogP contribution in [0.15, 0.2) is 24.3 Å². The van der Waals surface area contributed by atoms with Crippen LogP contribution in [0.5, 0.6) is 0 Å². The highest BCUT2D eigenvalue weighted by molar-refractivity contribution is 7.13. The second-order valence-corrected chi connectivity index (χ2v) is 11.7. The van der Waals surface area contributed by atoms with Gasteiger partial charge in [0.1, 0.15) is 5.92 Å². The van der Waals surface area contributed by atoms with Crippen molar-refractivity contribution >= 4 is 59.0 Å². The maximum atomic E-state index is 13.3. The van der Waals surface area contributed by atoms with E-state index in [2.05, 4.69) is 20.5 Å². The van der Waals surface area contributed by atoms with E-state index in [1.165, 1.54) is 22.3 Å². The molecule has 13 heteroatoms. The molecule has 0 saturated heterocycles. The number of nitrogens with one attached hydrogen (secondary N) is 2. The van der Waals surface area contributed by atoms with Crippen LogP contribution >= 0.6 is 35.3 Å². The lowest BCUT2D eigenvalue weighted by atomic mass is 9.81. The van der Waals surface area contributed by atoms with Gasteiger partial charge in [0.25, 0.3) is 5.91 Å². The number of primary amides is 1. The number of amides is 4. The molecule has 1 fully saturated rings. The summed E-state index contributed by atoms with van der Waals surface area (Å²) in [6.07, 6.45) is 2.11. The molecule has 1 saturated carbocycles. The number of hydrogen-bond donors (Lipinski definition) is 3. The Bertz CT molecular complexity index is 1240. The summed E-state index contributed by atoms with van der Waals surface area (Å²) in [4.78, 5) is 60.9. The first-order valence-corrected chi connectivity index (χ1v) is 13.8. The minimum Gasteiger partial charge on any atom is -0.369 e. The molecular formula is C26H34Cl2N6O4S. The van der Waals surface area contributed by atoms with Crippen LogP contribution in [-0.2, 0) is 27.3 Å². The molecule has 212 valence electrons. The van der Waals surface area contributed by atoms with E-state index in [0.717, 1.165) is 30.1 Å². The highest BCUT2D eigenvalue weighted by Crippen LogP contribution is 2.29. The first kappa shape index (κ1) is 30.8. The predicted molar refractivity (Wildman–Crippen MR) is 152 cm³/mol. The van der Waals surface area contributed by atoms with Gasteiger partial charge in [-0.3, -0.25) is 19.2 Å². The van der Waals surface area contributed by atoms with Gasteiger partial charge < -0.3 is 26.2 Å². The summed E-state index contributed by atoms with van der Waals surface area (Å²) in [6.45, 7) is 1.64. The van der Waals surface area contributed by atoms with Crippen LogP contribution in [0.2, 0.25) is 5.02 Å². The van der Waals surface area contributed by atoms with E-state index in [0.29, 0.717) is 34.9 Å². The zero-order valence-corrected chi connectivity index (χ0v) is 24.5. The molecule has 0 spiro atoms. The van der Waals surface area contributed by atoms with Crippen LogP contribution in [0.4, 0.5) is 0 Å². The summed E-state index contributed by atoms with van der Waals surface area (Å²) in [5.74, 6) is -3.30. The summed E-state index contributed by atoms with van der Waals surface area (Å²) < 4.78 is 0. The normalized spacial score (nSPS) is 21.6. The Hall–Kier alpha value is -2.73. The number of nitrogens with two attached hydrogens (primary N) is 1. The molecule has 39 heavy (non-hydrogen) atoms. The van der Waals surface area contributed by atoms with E-state index in [4.69, 9.17) is 17.3 Å². The molecule has 1 aromatic carbocycles. The largest absolute Gasteiger partial charge is 0.369 e. The monoisotopic (exact) mass is 596 g/mol. The zero-order chi connectivity index (χ0) is 27.6. The molecule has 0 radical (unpaired) electrons. The van der Waals surface area contributed by atoms with E-state index in [-0.39, 0.29) is 30.1 Å². The van der Waals surface area contributed by atoms with E-state index in [9.17, 15) is 19.2 Å². The lowest BCUT2D eigenvalue weighted by molar-refractivity contribution is -0.134. The van der Waals surface area contributed by atoms with Gasteiger partial charge in [-0.2, -0.15) is 0 Å². The molecule has 0 bridgehead atoms. The fourth-order valence-electron chi connectivity index (χ4n) is 5.14. The van der Waals surface area contributed by atoms with Crippen LogP contribution in [0.3, 0.4) is 0 Å². The standard InChI is InChI=1S/C26H33ClN6O4S.ClH/c1-32(2)26(37)15-7-8-17(29-23(35)21(22(28)34)14-5-4-6-16(27)11-14)19(12-15)30-24(36)25-31-18-9-10-33(3)13-20(18)38-25;/h4-6,11,15,17,19,21H,7-10,12-13H2,1-3H3,(H2,28,34)(H,29,35)(H,30,36);1H/t15-,17-,19+,21?;/m0./s1. The fraction of sp³-hybridized carbons (Fsp3) is 0.500. The van der Waals surface area contributed by atoms with Crippen molar-refractivity contribution in [1.29, 1.82) is 0 Å². The summed E-state index contributed by atoms with van der Waals surface area (Å²) in [5.41, 5.74) is 6.93. The second kappa shape index (κ2) is 13.1. The second-order valence-electron chi connectivity index (χ2n) is 10.2. The van der Waals surface area contributed by atoms with Crippen LogP contribution in [0.1, 0.15) is 51.1 Å². The van der Waals surface area contributed by atoms with Gasteiger partial charge in [-0.15, -0.1) is 23.7 Å². The molecule has 10 nitrogen and oxygen atoms in total. The molecular weight excluding hydrogens is 563 g/mol. The fourth-order valence-corrected chi connectivity index (χ4v) is 6.43. The Kier molecular flexibility index (Phi) is 10.3. The van der Waals surface area contributed by atoms with Gasteiger partial charge in [0.05, 0.1) is 11.7 Å². The molecule has 4 N–H and O–H groups in total. The minimum absolute atomic E-state index is 0. The number of nitrogens with zero attached hydrogens (tertiary/aromatic N) is 3. The van der Waals surface area contributed by atoms with Gasteiger partial charge in [-0.05, 0) is 44.0 Å². The molecule has 1 unspecified atom stereocenters. The SMILES string of the molecule is CN1CCc2nc(C(=O)N[C@@H]3C[C@@H](C(=O)N(C)C)CC[C@@H]3NC(=O)C(C(N)=O)c3cccc(Cl)c3)sc2C1.Cl. The lowest BCUT2D eigenvalue weighted by Gasteiger charge is -2.37. The van der Waals surface area contributed by atoms with Crippen LogP contribution in [0.25, 0.3) is 0 Å². The molecule has 4 amide bonds. The van der Waals surface area contributed by atoms with Crippen LogP contribution in [-0.4, -0.2) is 78.2 Å². The maximum absolute atomic E-state index is 13.3. The first-order chi connectivity index (χ1) is 18.0. The van der Waals surface area contributed by atoms with Gasteiger partial charge in [0, 0.05) is 55.5 Å². The summed E-state index contributed by atoms with van der Waals surface area (Å²) in [7, 11) is 5.43. The van der Waals surface area contributed by atoms with Crippen molar-refractivity contribution in [1.82, 2.24) is 25.4 Å². The number of likely N-dealkylation sites (N-methyl/N-ethyl adjacent to an activating group) is 1. The Balaban J connectivity index is 0.00000420. The van der Waals surface area contributed by atoms with Crippen molar-refractivity contribution < 1.29 is 19.2 Å². The van der Waals surface area contributed by atoms with Gasteiger partial charge in [-0.1, -0.05) is 23.7 Å². The highest BCUT2D eigenvalue weighted by Gasteiger charge is 2.38. The van der Waals surface area contributed by atoms with Gasteiger partial charge in [-0.25, -0.2) is 4.98 Å². The number of rotatable bonds is 7. The molecule has 1 aromatic heterocycles. The Morgan fingerprint density at radius 2 is 1.92 bits per heavy atom.